The molecule has 0 spiro atoms. The van der Waals surface area contributed by atoms with E-state index >= 15 is 0 Å². The van der Waals surface area contributed by atoms with Crippen molar-refractivity contribution in [2.75, 3.05) is 37.4 Å². The number of carbonyl (C=O) groups is 2. The Balaban J connectivity index is 3.19. The van der Waals surface area contributed by atoms with Crippen molar-refractivity contribution in [1.82, 2.24) is 5.32 Å². The maximum Gasteiger partial charge on any atom is 0.220 e. The third-order valence-electron chi connectivity index (χ3n) is 2.40. The molecule has 0 aliphatic carbocycles. The van der Waals surface area contributed by atoms with Crippen LogP contribution < -0.4 is 5.32 Å². The first-order valence-corrected chi connectivity index (χ1v) is 8.11. The standard InChI is InChI=1S/C13H24INO4/c1-11(2)12(16)4-7-18-9-10-19-8-6-15-13(17)3-5-14/h11H,3-10H2,1-2H3,(H,15,17). The van der Waals surface area contributed by atoms with Crippen LogP contribution in [0.15, 0.2) is 0 Å². The number of Topliss-reactive ketones (excluding diaryl/α,β-unsaturated/α-hetero) is 1. The zero-order valence-corrected chi connectivity index (χ0v) is 13.9. The van der Waals surface area contributed by atoms with Crippen molar-refractivity contribution >= 4 is 34.3 Å². The van der Waals surface area contributed by atoms with Crippen LogP contribution in [0.3, 0.4) is 0 Å². The highest BCUT2D eigenvalue weighted by Gasteiger charge is 2.06. The number of nitrogens with one attached hydrogen (secondary N) is 1. The number of alkyl halides is 1. The van der Waals surface area contributed by atoms with Gasteiger partial charge in [0, 0.05) is 29.7 Å². The normalized spacial score (nSPS) is 10.7. The zero-order chi connectivity index (χ0) is 14.5. The highest BCUT2D eigenvalue weighted by atomic mass is 127. The molecule has 0 bridgehead atoms. The Bertz CT molecular complexity index is 259. The number of rotatable bonds is 12. The minimum atomic E-state index is 0.0569. The van der Waals surface area contributed by atoms with Crippen molar-refractivity contribution in [2.45, 2.75) is 26.7 Å². The van der Waals surface area contributed by atoms with Gasteiger partial charge in [-0.15, -0.1) is 0 Å². The molecule has 0 saturated carbocycles. The first-order valence-electron chi connectivity index (χ1n) is 6.58. The minimum Gasteiger partial charge on any atom is -0.379 e. The Hall–Kier alpha value is -0.210. The molecule has 1 N–H and O–H groups in total. The number of amides is 1. The summed E-state index contributed by atoms with van der Waals surface area (Å²) in [6.45, 7) is 6.20. The molecule has 0 fully saturated rings. The molecular weight excluding hydrogens is 361 g/mol. The molecule has 19 heavy (non-hydrogen) atoms. The molecule has 0 aromatic carbocycles. The average molecular weight is 385 g/mol. The Morgan fingerprint density at radius 1 is 1.05 bits per heavy atom. The molecule has 0 aromatic rings. The van der Waals surface area contributed by atoms with E-state index in [1.54, 1.807) is 0 Å². The monoisotopic (exact) mass is 385 g/mol. The summed E-state index contributed by atoms with van der Waals surface area (Å²) in [5.41, 5.74) is 0. The molecule has 112 valence electrons. The first kappa shape index (κ1) is 18.8. The van der Waals surface area contributed by atoms with E-state index in [9.17, 15) is 9.59 Å². The molecule has 1 amide bonds. The van der Waals surface area contributed by atoms with Crippen molar-refractivity contribution in [3.05, 3.63) is 0 Å². The summed E-state index contributed by atoms with van der Waals surface area (Å²) in [6, 6.07) is 0. The number of ketones is 1. The van der Waals surface area contributed by atoms with Gasteiger partial charge in [-0.05, 0) is 0 Å². The van der Waals surface area contributed by atoms with Crippen molar-refractivity contribution in [1.29, 1.82) is 0 Å². The summed E-state index contributed by atoms with van der Waals surface area (Å²) in [5.74, 6) is 0.353. The van der Waals surface area contributed by atoms with E-state index in [-0.39, 0.29) is 17.6 Å². The van der Waals surface area contributed by atoms with Gasteiger partial charge in [0.2, 0.25) is 5.91 Å². The Kier molecular flexibility index (Phi) is 12.7. The summed E-state index contributed by atoms with van der Waals surface area (Å²) < 4.78 is 11.4. The van der Waals surface area contributed by atoms with Gasteiger partial charge in [-0.1, -0.05) is 36.4 Å². The van der Waals surface area contributed by atoms with Crippen molar-refractivity contribution < 1.29 is 19.1 Å². The van der Waals surface area contributed by atoms with E-state index in [0.717, 1.165) is 4.43 Å². The molecule has 0 rings (SSSR count). The lowest BCUT2D eigenvalue weighted by molar-refractivity contribution is -0.123. The Morgan fingerprint density at radius 3 is 2.26 bits per heavy atom. The average Bonchev–Trinajstić information content (AvgIpc) is 2.36. The predicted molar refractivity (Wildman–Crippen MR) is 82.6 cm³/mol. The molecule has 0 radical (unpaired) electrons. The van der Waals surface area contributed by atoms with Crippen LogP contribution in [-0.2, 0) is 19.1 Å². The number of halogens is 1. The smallest absolute Gasteiger partial charge is 0.220 e. The molecule has 0 unspecified atom stereocenters. The van der Waals surface area contributed by atoms with Gasteiger partial charge in [0.15, 0.2) is 0 Å². The van der Waals surface area contributed by atoms with Crippen LogP contribution in [0.5, 0.6) is 0 Å². The van der Waals surface area contributed by atoms with Crippen LogP contribution in [0, 0.1) is 5.92 Å². The highest BCUT2D eigenvalue weighted by Crippen LogP contribution is 1.98. The highest BCUT2D eigenvalue weighted by molar-refractivity contribution is 14.1. The van der Waals surface area contributed by atoms with Crippen LogP contribution in [0.25, 0.3) is 0 Å². The minimum absolute atomic E-state index is 0.0569. The van der Waals surface area contributed by atoms with Crippen LogP contribution >= 0.6 is 22.6 Å². The van der Waals surface area contributed by atoms with Gasteiger partial charge in [0.1, 0.15) is 5.78 Å². The Morgan fingerprint density at radius 2 is 1.68 bits per heavy atom. The van der Waals surface area contributed by atoms with Gasteiger partial charge in [-0.2, -0.15) is 0 Å². The van der Waals surface area contributed by atoms with Gasteiger partial charge in [-0.3, -0.25) is 9.59 Å². The van der Waals surface area contributed by atoms with Gasteiger partial charge in [-0.25, -0.2) is 0 Å². The van der Waals surface area contributed by atoms with E-state index in [1.807, 2.05) is 13.8 Å². The van der Waals surface area contributed by atoms with Gasteiger partial charge >= 0.3 is 0 Å². The van der Waals surface area contributed by atoms with E-state index in [1.165, 1.54) is 0 Å². The molecule has 0 atom stereocenters. The summed E-state index contributed by atoms with van der Waals surface area (Å²) in [5, 5.41) is 2.76. The van der Waals surface area contributed by atoms with E-state index < -0.39 is 0 Å². The summed E-state index contributed by atoms with van der Waals surface area (Å²) in [4.78, 5) is 22.4. The largest absolute Gasteiger partial charge is 0.379 e. The molecule has 0 heterocycles. The molecular formula is C13H24INO4. The van der Waals surface area contributed by atoms with Gasteiger partial charge < -0.3 is 14.8 Å². The summed E-state index contributed by atoms with van der Waals surface area (Å²) in [6.07, 6.45) is 1.01. The van der Waals surface area contributed by atoms with Crippen LogP contribution in [0.4, 0.5) is 0 Å². The second-order valence-electron chi connectivity index (χ2n) is 4.38. The van der Waals surface area contributed by atoms with Crippen molar-refractivity contribution in [2.24, 2.45) is 5.92 Å². The van der Waals surface area contributed by atoms with Gasteiger partial charge in [0.25, 0.3) is 0 Å². The maximum atomic E-state index is 11.3. The van der Waals surface area contributed by atoms with Crippen molar-refractivity contribution in [3.63, 3.8) is 0 Å². The third kappa shape index (κ3) is 12.6. The fraction of sp³-hybridized carbons (Fsp3) is 0.846. The molecule has 5 nitrogen and oxygen atoms in total. The SMILES string of the molecule is CC(C)C(=O)CCOCCOCCNC(=O)CCI. The van der Waals surface area contributed by atoms with Crippen LogP contribution in [-0.4, -0.2) is 49.1 Å². The zero-order valence-electron chi connectivity index (χ0n) is 11.7. The molecule has 0 saturated heterocycles. The lowest BCUT2D eigenvalue weighted by atomic mass is 10.1. The van der Waals surface area contributed by atoms with E-state index in [2.05, 4.69) is 27.9 Å². The maximum absolute atomic E-state index is 11.3. The number of hydrogen-bond acceptors (Lipinski definition) is 4. The Labute approximate surface area is 128 Å². The second-order valence-corrected chi connectivity index (χ2v) is 5.46. The number of carbonyl (C=O) groups excluding carboxylic acids is 2. The molecule has 0 aliphatic rings. The topological polar surface area (TPSA) is 64.6 Å². The van der Waals surface area contributed by atoms with Crippen molar-refractivity contribution in [3.8, 4) is 0 Å². The summed E-state index contributed by atoms with van der Waals surface area (Å²) >= 11 is 2.17. The van der Waals surface area contributed by atoms with E-state index in [4.69, 9.17) is 9.47 Å². The van der Waals surface area contributed by atoms with Crippen LogP contribution in [0.2, 0.25) is 0 Å². The fourth-order valence-electron chi connectivity index (χ4n) is 1.22. The lowest BCUT2D eigenvalue weighted by Gasteiger charge is -2.07. The lowest BCUT2D eigenvalue weighted by Crippen LogP contribution is -2.27. The predicted octanol–water partition coefficient (Wildman–Crippen LogP) is 1.58. The second kappa shape index (κ2) is 12.8. The third-order valence-corrected chi connectivity index (χ3v) is 2.94. The first-order chi connectivity index (χ1) is 9.07. The van der Waals surface area contributed by atoms with Gasteiger partial charge in [0.05, 0.1) is 26.4 Å². The quantitative estimate of drug-likeness (QED) is 0.315. The molecule has 0 aromatic heterocycles. The number of hydrogen-bond donors (Lipinski definition) is 1. The van der Waals surface area contributed by atoms with Crippen LogP contribution in [0.1, 0.15) is 26.7 Å². The summed E-state index contributed by atoms with van der Waals surface area (Å²) in [7, 11) is 0. The number of ether oxygens (including phenoxy) is 2. The molecule has 0 aliphatic heterocycles. The fourth-order valence-corrected chi connectivity index (χ4v) is 1.71. The van der Waals surface area contributed by atoms with E-state index in [0.29, 0.717) is 45.8 Å². The molecule has 6 heteroatoms.